The molecule has 0 aromatic rings. The Balaban J connectivity index is 1.85. The van der Waals surface area contributed by atoms with Gasteiger partial charge in [-0.1, -0.05) is 38.3 Å². The Bertz CT molecular complexity index is 658. The molecule has 2 fully saturated rings. The number of amides is 2. The van der Waals surface area contributed by atoms with Gasteiger partial charge < -0.3 is 20.1 Å². The molecular formula is C23H36N2O5. The molecule has 0 radical (unpaired) electrons. The van der Waals surface area contributed by atoms with Crippen molar-refractivity contribution in [2.24, 2.45) is 23.7 Å². The summed E-state index contributed by atoms with van der Waals surface area (Å²) < 4.78 is 5.28. The maximum absolute atomic E-state index is 13.4. The van der Waals surface area contributed by atoms with E-state index in [2.05, 4.69) is 5.32 Å². The van der Waals surface area contributed by atoms with Crippen molar-refractivity contribution in [1.29, 1.82) is 0 Å². The van der Waals surface area contributed by atoms with Crippen molar-refractivity contribution in [3.63, 3.8) is 0 Å². The highest BCUT2D eigenvalue weighted by atomic mass is 16.5. The molecule has 1 saturated carbocycles. The van der Waals surface area contributed by atoms with Crippen LogP contribution in [-0.2, 0) is 19.1 Å². The zero-order valence-corrected chi connectivity index (χ0v) is 18.2. The van der Waals surface area contributed by atoms with Gasteiger partial charge in [-0.3, -0.25) is 14.4 Å². The van der Waals surface area contributed by atoms with Gasteiger partial charge in [0.25, 0.3) is 0 Å². The fraction of sp³-hybridized carbons (Fsp3) is 0.783. The van der Waals surface area contributed by atoms with Crippen LogP contribution in [-0.4, -0.2) is 59.6 Å². The topological polar surface area (TPSA) is 95.9 Å². The average Bonchev–Trinajstić information content (AvgIpc) is 3.01. The van der Waals surface area contributed by atoms with Gasteiger partial charge in [-0.15, -0.1) is 0 Å². The van der Waals surface area contributed by atoms with E-state index in [1.807, 2.05) is 19.1 Å². The number of unbranched alkanes of at least 4 members (excludes halogenated alkanes) is 1. The average molecular weight is 421 g/mol. The smallest absolute Gasteiger partial charge is 0.310 e. The van der Waals surface area contributed by atoms with E-state index in [1.165, 1.54) is 6.42 Å². The molecule has 3 aliphatic rings. The van der Waals surface area contributed by atoms with Crippen molar-refractivity contribution in [1.82, 2.24) is 10.2 Å². The third kappa shape index (κ3) is 4.71. The van der Waals surface area contributed by atoms with Crippen molar-refractivity contribution < 1.29 is 24.2 Å². The molecule has 0 aromatic carbocycles. The fourth-order valence-electron chi connectivity index (χ4n) is 5.36. The zero-order chi connectivity index (χ0) is 21.7. The Morgan fingerprint density at radius 2 is 1.93 bits per heavy atom. The van der Waals surface area contributed by atoms with Crippen LogP contribution in [0.3, 0.4) is 0 Å². The molecule has 3 rings (SSSR count). The number of esters is 1. The summed E-state index contributed by atoms with van der Waals surface area (Å²) in [6, 6.07) is -0.448. The van der Waals surface area contributed by atoms with E-state index in [9.17, 15) is 14.4 Å². The van der Waals surface area contributed by atoms with E-state index in [1.54, 1.807) is 11.8 Å². The van der Waals surface area contributed by atoms with Crippen LogP contribution in [0.5, 0.6) is 0 Å². The molecule has 0 unspecified atom stereocenters. The first-order valence-corrected chi connectivity index (χ1v) is 11.6. The van der Waals surface area contributed by atoms with Crippen molar-refractivity contribution in [3.8, 4) is 0 Å². The number of nitrogens with one attached hydrogen (secondary N) is 1. The van der Waals surface area contributed by atoms with E-state index < -0.39 is 17.9 Å². The summed E-state index contributed by atoms with van der Waals surface area (Å²) in [4.78, 5) is 41.1. The van der Waals surface area contributed by atoms with Gasteiger partial charge in [0.2, 0.25) is 11.8 Å². The standard InChI is InChI=1S/C23H36N2O5/c1-3-30-23(29)18-15(2)11-12-17-19(18)22(28)25(13-7-8-14-26)20(17)21(27)24-16-9-5-4-6-10-16/h11-12,15-20,26H,3-10,13-14H2,1-2H3,(H,24,27)/t15-,17+,18-,19-,20+/m1/s1. The highest BCUT2D eigenvalue weighted by Crippen LogP contribution is 2.44. The number of allylic oxidation sites excluding steroid dienone is 1. The largest absolute Gasteiger partial charge is 0.466 e. The molecule has 1 saturated heterocycles. The maximum atomic E-state index is 13.4. The Hall–Kier alpha value is -1.89. The molecular weight excluding hydrogens is 384 g/mol. The molecule has 1 aliphatic heterocycles. The first-order chi connectivity index (χ1) is 14.5. The molecule has 1 heterocycles. The summed E-state index contributed by atoms with van der Waals surface area (Å²) in [5.41, 5.74) is 0. The van der Waals surface area contributed by atoms with Crippen molar-refractivity contribution in [3.05, 3.63) is 12.2 Å². The van der Waals surface area contributed by atoms with Crippen LogP contribution >= 0.6 is 0 Å². The molecule has 0 bridgehead atoms. The van der Waals surface area contributed by atoms with Gasteiger partial charge in [-0.2, -0.15) is 0 Å². The fourth-order valence-corrected chi connectivity index (χ4v) is 5.36. The summed E-state index contributed by atoms with van der Waals surface area (Å²) in [6.07, 6.45) is 10.5. The first kappa shape index (κ1) is 22.8. The number of aliphatic hydroxyl groups is 1. The van der Waals surface area contributed by atoms with E-state index >= 15 is 0 Å². The van der Waals surface area contributed by atoms with Crippen LogP contribution in [0.4, 0.5) is 0 Å². The number of carbonyl (C=O) groups excluding carboxylic acids is 3. The number of aliphatic hydroxyl groups excluding tert-OH is 1. The van der Waals surface area contributed by atoms with Gasteiger partial charge in [0.1, 0.15) is 6.04 Å². The molecule has 7 nitrogen and oxygen atoms in total. The van der Waals surface area contributed by atoms with Crippen molar-refractivity contribution in [2.45, 2.75) is 70.9 Å². The third-order valence-corrected chi connectivity index (χ3v) is 6.86. The molecule has 2 aliphatic carbocycles. The number of nitrogens with zero attached hydrogens (tertiary/aromatic N) is 1. The summed E-state index contributed by atoms with van der Waals surface area (Å²) in [7, 11) is 0. The van der Waals surface area contributed by atoms with Gasteiger partial charge in [0, 0.05) is 25.1 Å². The molecule has 0 spiro atoms. The quantitative estimate of drug-likeness (QED) is 0.356. The van der Waals surface area contributed by atoms with Gasteiger partial charge in [0.15, 0.2) is 0 Å². The number of ether oxygens (including phenoxy) is 1. The summed E-state index contributed by atoms with van der Waals surface area (Å²) in [5.74, 6) is -2.21. The van der Waals surface area contributed by atoms with E-state index in [0.717, 1.165) is 25.7 Å². The lowest BCUT2D eigenvalue weighted by molar-refractivity contribution is -0.155. The van der Waals surface area contributed by atoms with Crippen molar-refractivity contribution in [2.75, 3.05) is 19.8 Å². The van der Waals surface area contributed by atoms with E-state index in [0.29, 0.717) is 19.4 Å². The monoisotopic (exact) mass is 420 g/mol. The van der Waals surface area contributed by atoms with E-state index in [-0.39, 0.29) is 48.9 Å². The third-order valence-electron chi connectivity index (χ3n) is 6.86. The molecule has 7 heteroatoms. The molecule has 0 aromatic heterocycles. The summed E-state index contributed by atoms with van der Waals surface area (Å²) >= 11 is 0. The second-order valence-electron chi connectivity index (χ2n) is 8.88. The minimum Gasteiger partial charge on any atom is -0.466 e. The SMILES string of the molecule is CCOC(=O)[C@H]1[C@@H]2C(=O)N(CCCCO)[C@H](C(=O)NC3CCCCC3)[C@H]2C=C[C@H]1C. The second kappa shape index (κ2) is 10.4. The van der Waals surface area contributed by atoms with Gasteiger partial charge in [-0.05, 0) is 38.5 Å². The predicted octanol–water partition coefficient (Wildman–Crippen LogP) is 2.04. The van der Waals surface area contributed by atoms with Gasteiger partial charge in [-0.25, -0.2) is 0 Å². The Labute approximate surface area is 179 Å². The number of rotatable bonds is 8. The zero-order valence-electron chi connectivity index (χ0n) is 18.2. The molecule has 2 N–H and O–H groups in total. The second-order valence-corrected chi connectivity index (χ2v) is 8.88. The Kier molecular flexibility index (Phi) is 7.92. The highest BCUT2D eigenvalue weighted by Gasteiger charge is 2.57. The minimum absolute atomic E-state index is 0.0518. The van der Waals surface area contributed by atoms with Crippen LogP contribution in [0.25, 0.3) is 0 Å². The normalized spacial score (nSPS) is 31.5. The van der Waals surface area contributed by atoms with Gasteiger partial charge >= 0.3 is 5.97 Å². The minimum atomic E-state index is -0.608. The lowest BCUT2D eigenvalue weighted by Gasteiger charge is -2.33. The molecule has 2 amide bonds. The van der Waals surface area contributed by atoms with Crippen LogP contribution in [0.1, 0.15) is 58.8 Å². The molecule has 168 valence electrons. The lowest BCUT2D eigenvalue weighted by Crippen LogP contribution is -2.50. The Morgan fingerprint density at radius 3 is 2.60 bits per heavy atom. The molecule has 30 heavy (non-hydrogen) atoms. The predicted molar refractivity (Wildman–Crippen MR) is 112 cm³/mol. The maximum Gasteiger partial charge on any atom is 0.310 e. The number of hydrogen-bond donors (Lipinski definition) is 2. The highest BCUT2D eigenvalue weighted by molar-refractivity contribution is 5.96. The van der Waals surface area contributed by atoms with E-state index in [4.69, 9.17) is 9.84 Å². The van der Waals surface area contributed by atoms with Crippen LogP contribution in [0.2, 0.25) is 0 Å². The van der Waals surface area contributed by atoms with Gasteiger partial charge in [0.05, 0.1) is 18.4 Å². The number of hydrogen-bond acceptors (Lipinski definition) is 5. The van der Waals surface area contributed by atoms with Crippen LogP contribution in [0, 0.1) is 23.7 Å². The van der Waals surface area contributed by atoms with Crippen LogP contribution in [0.15, 0.2) is 12.2 Å². The molecule has 5 atom stereocenters. The summed E-state index contributed by atoms with van der Waals surface area (Å²) in [5, 5.41) is 12.3. The number of likely N-dealkylation sites (tertiary alicyclic amines) is 1. The number of fused-ring (bicyclic) bond motifs is 1. The van der Waals surface area contributed by atoms with Crippen molar-refractivity contribution >= 4 is 17.8 Å². The lowest BCUT2D eigenvalue weighted by atomic mass is 9.70. The van der Waals surface area contributed by atoms with Crippen LogP contribution < -0.4 is 5.32 Å². The Morgan fingerprint density at radius 1 is 1.20 bits per heavy atom. The first-order valence-electron chi connectivity index (χ1n) is 11.6. The summed E-state index contributed by atoms with van der Waals surface area (Å²) in [6.45, 7) is 4.41. The number of carbonyl (C=O) groups is 3.